The van der Waals surface area contributed by atoms with Crippen LogP contribution in [0.5, 0.6) is 5.75 Å². The van der Waals surface area contributed by atoms with Crippen molar-refractivity contribution in [2.75, 3.05) is 33.7 Å². The van der Waals surface area contributed by atoms with Gasteiger partial charge in [-0.3, -0.25) is 0 Å². The van der Waals surface area contributed by atoms with Gasteiger partial charge in [0.25, 0.3) is 0 Å². The number of aromatic nitrogens is 6. The highest BCUT2D eigenvalue weighted by Crippen LogP contribution is 2.29. The predicted molar refractivity (Wildman–Crippen MR) is 127 cm³/mol. The minimum absolute atomic E-state index is 0.299. The predicted octanol–water partition coefficient (Wildman–Crippen LogP) is 3.01. The van der Waals surface area contributed by atoms with E-state index in [0.717, 1.165) is 47.6 Å². The number of aromatic amines is 1. The normalized spacial score (nSPS) is 14.7. The van der Waals surface area contributed by atoms with Crippen molar-refractivity contribution in [2.45, 2.75) is 40.7 Å². The number of nitrogens with one attached hydrogen (secondary N) is 1. The Morgan fingerprint density at radius 1 is 1.24 bits per heavy atom. The van der Waals surface area contributed by atoms with E-state index in [0.29, 0.717) is 24.1 Å². The lowest BCUT2D eigenvalue weighted by atomic mass is 10.1. The number of hydrogen-bond acceptors (Lipinski definition) is 9. The summed E-state index contributed by atoms with van der Waals surface area (Å²) >= 11 is 3.32. The van der Waals surface area contributed by atoms with Crippen LogP contribution >= 0.6 is 23.5 Å². The molecule has 0 atom stereocenters. The molecule has 4 rings (SSSR count). The van der Waals surface area contributed by atoms with Gasteiger partial charge >= 0.3 is 6.09 Å². The van der Waals surface area contributed by atoms with Gasteiger partial charge < -0.3 is 19.5 Å². The number of H-pyrrole nitrogens is 1. The van der Waals surface area contributed by atoms with Gasteiger partial charge in [0.2, 0.25) is 5.16 Å². The number of thioether (sulfide) groups is 2. The van der Waals surface area contributed by atoms with Gasteiger partial charge in [0, 0.05) is 43.0 Å². The molecular formula is C21H28N8O2S2. The maximum absolute atomic E-state index is 12.6. The summed E-state index contributed by atoms with van der Waals surface area (Å²) in [4.78, 5) is 23.7. The summed E-state index contributed by atoms with van der Waals surface area (Å²) in [5.74, 6) is 1.36. The topological polar surface area (TPSA) is 105 Å². The fourth-order valence-electron chi connectivity index (χ4n) is 3.32. The van der Waals surface area contributed by atoms with E-state index >= 15 is 0 Å². The fourth-order valence-corrected chi connectivity index (χ4v) is 5.18. The highest BCUT2D eigenvalue weighted by Gasteiger charge is 2.26. The summed E-state index contributed by atoms with van der Waals surface area (Å²) in [5, 5.41) is 14.2. The van der Waals surface area contributed by atoms with Gasteiger partial charge in [0.1, 0.15) is 5.75 Å². The van der Waals surface area contributed by atoms with Gasteiger partial charge in [-0.1, -0.05) is 35.7 Å². The number of likely N-dealkylation sites (N-methyl/N-ethyl adjacent to an activating group) is 1. The molecule has 1 aromatic carbocycles. The third-order valence-electron chi connectivity index (χ3n) is 5.21. The number of piperidine rings is 1. The molecule has 0 bridgehead atoms. The summed E-state index contributed by atoms with van der Waals surface area (Å²) in [6, 6.07) is 7.63. The third-order valence-corrected chi connectivity index (χ3v) is 7.49. The Labute approximate surface area is 201 Å². The molecule has 10 nitrogen and oxygen atoms in total. The maximum atomic E-state index is 12.6. The van der Waals surface area contributed by atoms with E-state index in [1.807, 2.05) is 49.2 Å². The van der Waals surface area contributed by atoms with Crippen LogP contribution in [0.1, 0.15) is 18.4 Å². The Morgan fingerprint density at radius 3 is 2.73 bits per heavy atom. The van der Waals surface area contributed by atoms with Crippen LogP contribution in [-0.2, 0) is 12.3 Å². The van der Waals surface area contributed by atoms with Crippen LogP contribution in [0.25, 0.3) is 0 Å². The fraction of sp³-hybridized carbons (Fsp3) is 0.476. The van der Waals surface area contributed by atoms with Gasteiger partial charge in [-0.15, -0.1) is 5.10 Å². The summed E-state index contributed by atoms with van der Waals surface area (Å²) in [5.41, 5.74) is 1.14. The van der Waals surface area contributed by atoms with Crippen LogP contribution in [0.15, 0.2) is 47.0 Å². The van der Waals surface area contributed by atoms with Crippen molar-refractivity contribution >= 4 is 29.6 Å². The molecule has 1 saturated heterocycles. The van der Waals surface area contributed by atoms with Gasteiger partial charge in [-0.2, -0.15) is 0 Å². The first-order valence-electron chi connectivity index (χ1n) is 10.8. The molecule has 3 aromatic rings. The number of nitrogens with zero attached hydrogens (tertiary/aromatic N) is 7. The van der Waals surface area contributed by atoms with Crippen molar-refractivity contribution in [1.29, 1.82) is 0 Å². The summed E-state index contributed by atoms with van der Waals surface area (Å²) in [6.45, 7) is 2.96. The van der Waals surface area contributed by atoms with Gasteiger partial charge in [0.05, 0.1) is 6.54 Å². The molecule has 33 heavy (non-hydrogen) atoms. The molecule has 0 saturated carbocycles. The number of carbonyl (C=O) groups is 1. The number of imidazole rings is 1. The smallest absolute Gasteiger partial charge is 0.410 e. The van der Waals surface area contributed by atoms with Crippen LogP contribution in [0.4, 0.5) is 4.79 Å². The average molecular weight is 489 g/mol. The number of hydrogen-bond donors (Lipinski definition) is 1. The number of likely N-dealkylation sites (tertiary alicyclic amines) is 1. The Bertz CT molecular complexity index is 1000. The van der Waals surface area contributed by atoms with E-state index in [4.69, 9.17) is 4.74 Å². The van der Waals surface area contributed by atoms with Crippen molar-refractivity contribution in [3.63, 3.8) is 0 Å². The van der Waals surface area contributed by atoms with E-state index in [1.165, 1.54) is 0 Å². The minimum Gasteiger partial charge on any atom is -0.410 e. The molecule has 0 radical (unpaired) electrons. The average Bonchev–Trinajstić information content (AvgIpc) is 3.50. The first kappa shape index (κ1) is 23.6. The second-order valence-corrected chi connectivity index (χ2v) is 10.2. The summed E-state index contributed by atoms with van der Waals surface area (Å²) in [7, 11) is 4.06. The third kappa shape index (κ3) is 6.95. The Balaban J connectivity index is 1.21. The van der Waals surface area contributed by atoms with Crippen LogP contribution in [-0.4, -0.2) is 85.0 Å². The molecule has 1 amide bonds. The lowest BCUT2D eigenvalue weighted by Crippen LogP contribution is -2.41. The molecular weight excluding hydrogens is 460 g/mol. The number of rotatable bonds is 9. The molecule has 176 valence electrons. The van der Waals surface area contributed by atoms with E-state index in [2.05, 4.69) is 30.4 Å². The number of amides is 1. The Morgan fingerprint density at radius 2 is 2.03 bits per heavy atom. The van der Waals surface area contributed by atoms with Crippen LogP contribution < -0.4 is 4.74 Å². The zero-order chi connectivity index (χ0) is 23.0. The minimum atomic E-state index is -0.299. The summed E-state index contributed by atoms with van der Waals surface area (Å²) < 4.78 is 7.44. The lowest BCUT2D eigenvalue weighted by Gasteiger charge is -2.30. The number of benzene rings is 1. The number of tetrazole rings is 1. The Kier molecular flexibility index (Phi) is 8.24. The second-order valence-electron chi connectivity index (χ2n) is 7.99. The van der Waals surface area contributed by atoms with Gasteiger partial charge in [0.15, 0.2) is 5.16 Å². The zero-order valence-corrected chi connectivity index (χ0v) is 20.4. The largest absolute Gasteiger partial charge is 0.415 e. The van der Waals surface area contributed by atoms with E-state index in [-0.39, 0.29) is 6.09 Å². The van der Waals surface area contributed by atoms with E-state index in [9.17, 15) is 4.79 Å². The molecule has 0 unspecified atom stereocenters. The highest BCUT2D eigenvalue weighted by atomic mass is 32.2. The molecule has 0 spiro atoms. The first-order chi connectivity index (χ1) is 16.1. The van der Waals surface area contributed by atoms with Crippen molar-refractivity contribution < 1.29 is 9.53 Å². The maximum Gasteiger partial charge on any atom is 0.415 e. The van der Waals surface area contributed by atoms with Crippen molar-refractivity contribution in [1.82, 2.24) is 40.0 Å². The number of ether oxygens (including phenoxy) is 1. The molecule has 1 aliphatic heterocycles. The quantitative estimate of drug-likeness (QED) is 0.455. The number of carbonyl (C=O) groups excluding carboxylic acids is 1. The second kappa shape index (κ2) is 11.5. The van der Waals surface area contributed by atoms with Crippen molar-refractivity contribution in [3.8, 4) is 5.75 Å². The molecule has 0 aliphatic carbocycles. The Hall–Kier alpha value is -2.57. The van der Waals surface area contributed by atoms with Gasteiger partial charge in [-0.25, -0.2) is 14.5 Å². The van der Waals surface area contributed by atoms with Crippen LogP contribution in [0.2, 0.25) is 0 Å². The SMILES string of the molecule is CN(C)CCn1nnnc1SC1CCN(C(=O)Oc2ccc(CSc3ncc[nH]3)cc2)CC1. The van der Waals surface area contributed by atoms with Crippen molar-refractivity contribution in [3.05, 3.63) is 42.2 Å². The standard InChI is InChI=1S/C21H28N8O2S2/c1-27(2)13-14-29-20(24-25-26-29)33-18-7-11-28(12-8-18)21(30)31-17-5-3-16(4-6-17)15-32-19-22-9-10-23-19/h3-6,9-10,18H,7-8,11-15H2,1-2H3,(H,22,23). The first-order valence-corrected chi connectivity index (χ1v) is 12.7. The monoisotopic (exact) mass is 488 g/mol. The molecule has 1 fully saturated rings. The highest BCUT2D eigenvalue weighted by molar-refractivity contribution is 7.99. The van der Waals surface area contributed by atoms with E-state index in [1.54, 1.807) is 34.6 Å². The zero-order valence-electron chi connectivity index (χ0n) is 18.8. The van der Waals surface area contributed by atoms with Crippen molar-refractivity contribution in [2.24, 2.45) is 0 Å². The van der Waals surface area contributed by atoms with Crippen LogP contribution in [0.3, 0.4) is 0 Å². The van der Waals surface area contributed by atoms with Crippen LogP contribution in [0, 0.1) is 0 Å². The van der Waals surface area contributed by atoms with E-state index < -0.39 is 0 Å². The lowest BCUT2D eigenvalue weighted by molar-refractivity contribution is 0.143. The van der Waals surface area contributed by atoms with Gasteiger partial charge in [-0.05, 0) is 55.1 Å². The molecule has 3 heterocycles. The molecule has 1 N–H and O–H groups in total. The summed E-state index contributed by atoms with van der Waals surface area (Å²) in [6.07, 6.45) is 5.00. The molecule has 1 aliphatic rings. The molecule has 12 heteroatoms. The molecule has 2 aromatic heterocycles.